The summed E-state index contributed by atoms with van der Waals surface area (Å²) in [7, 11) is 0. The van der Waals surface area contributed by atoms with Crippen molar-refractivity contribution in [3.63, 3.8) is 0 Å². The predicted molar refractivity (Wildman–Crippen MR) is 64.8 cm³/mol. The highest BCUT2D eigenvalue weighted by Crippen LogP contribution is 1.97. The molecular formula is C14H12O2. The van der Waals surface area contributed by atoms with E-state index in [1.807, 2.05) is 36.4 Å². The van der Waals surface area contributed by atoms with Crippen molar-refractivity contribution < 1.29 is 9.59 Å². The van der Waals surface area contributed by atoms with Gasteiger partial charge in [-0.05, 0) is 17.7 Å². The summed E-state index contributed by atoms with van der Waals surface area (Å²) in [5.41, 5.74) is 1.17. The molecule has 2 heteroatoms. The topological polar surface area (TPSA) is 34.1 Å². The van der Waals surface area contributed by atoms with Crippen molar-refractivity contribution in [2.45, 2.75) is 0 Å². The Balaban J connectivity index is 0.000000160. The fourth-order valence-corrected chi connectivity index (χ4v) is 1.04. The molecule has 0 saturated heterocycles. The van der Waals surface area contributed by atoms with Gasteiger partial charge in [0.05, 0.1) is 0 Å². The molecule has 0 aliphatic heterocycles. The lowest BCUT2D eigenvalue weighted by atomic mass is 10.1. The van der Waals surface area contributed by atoms with Crippen molar-refractivity contribution in [1.29, 1.82) is 0 Å². The number of benzene rings is 1. The quantitative estimate of drug-likeness (QED) is 0.529. The monoisotopic (exact) mass is 212 g/mol. The fraction of sp³-hybridized carbons (Fsp3) is 0. The molecular weight excluding hydrogens is 200 g/mol. The van der Waals surface area contributed by atoms with Crippen LogP contribution in [0.1, 0.15) is 5.56 Å². The summed E-state index contributed by atoms with van der Waals surface area (Å²) in [5.74, 6) is -0.875. The van der Waals surface area contributed by atoms with E-state index < -0.39 is 11.6 Å². The number of allylic oxidation sites excluding steroid dienone is 4. The zero-order chi connectivity index (χ0) is 11.8. The van der Waals surface area contributed by atoms with Crippen molar-refractivity contribution >= 4 is 17.6 Å². The molecule has 0 aromatic heterocycles. The Kier molecular flexibility index (Phi) is 4.67. The van der Waals surface area contributed by atoms with E-state index in [0.717, 1.165) is 0 Å². The number of hydrogen-bond donors (Lipinski definition) is 0. The van der Waals surface area contributed by atoms with E-state index in [-0.39, 0.29) is 0 Å². The fourth-order valence-electron chi connectivity index (χ4n) is 1.04. The molecule has 1 aliphatic carbocycles. The lowest BCUT2D eigenvalue weighted by molar-refractivity contribution is -0.131. The van der Waals surface area contributed by atoms with Gasteiger partial charge in [-0.1, -0.05) is 55.1 Å². The second kappa shape index (κ2) is 6.30. The Morgan fingerprint density at radius 3 is 1.69 bits per heavy atom. The highest BCUT2D eigenvalue weighted by atomic mass is 16.2. The van der Waals surface area contributed by atoms with E-state index in [0.29, 0.717) is 0 Å². The molecule has 0 spiro atoms. The van der Waals surface area contributed by atoms with Crippen LogP contribution in [0, 0.1) is 0 Å². The molecule has 2 nitrogen and oxygen atoms in total. The molecule has 0 heterocycles. The predicted octanol–water partition coefficient (Wildman–Crippen LogP) is 2.58. The van der Waals surface area contributed by atoms with Crippen LogP contribution >= 0.6 is 0 Å². The van der Waals surface area contributed by atoms with Crippen molar-refractivity contribution in [2.75, 3.05) is 0 Å². The first-order chi connectivity index (χ1) is 7.74. The first-order valence-electron chi connectivity index (χ1n) is 4.84. The Morgan fingerprint density at radius 2 is 1.38 bits per heavy atom. The van der Waals surface area contributed by atoms with Gasteiger partial charge in [-0.3, -0.25) is 9.59 Å². The van der Waals surface area contributed by atoms with E-state index in [4.69, 9.17) is 0 Å². The first kappa shape index (κ1) is 11.9. The van der Waals surface area contributed by atoms with Crippen molar-refractivity contribution in [3.8, 4) is 0 Å². The largest absolute Gasteiger partial charge is 0.286 e. The molecule has 0 atom stereocenters. The maximum absolute atomic E-state index is 10.3. The van der Waals surface area contributed by atoms with Gasteiger partial charge in [0.25, 0.3) is 0 Å². The Hall–Kier alpha value is -2.22. The Bertz CT molecular complexity index is 417. The molecule has 0 bridgehead atoms. The van der Waals surface area contributed by atoms with Crippen molar-refractivity contribution in [2.24, 2.45) is 0 Å². The first-order valence-corrected chi connectivity index (χ1v) is 4.84. The van der Waals surface area contributed by atoms with Crippen molar-refractivity contribution in [1.82, 2.24) is 0 Å². The second-order valence-corrected chi connectivity index (χ2v) is 3.06. The average molecular weight is 212 g/mol. The minimum atomic E-state index is -0.437. The minimum absolute atomic E-state index is 0.437. The van der Waals surface area contributed by atoms with Gasteiger partial charge in [-0.25, -0.2) is 0 Å². The molecule has 2 rings (SSSR count). The van der Waals surface area contributed by atoms with E-state index in [1.54, 1.807) is 12.2 Å². The SMILES string of the molecule is C=Cc1ccccc1.O=C1C=CC=CC1=O. The van der Waals surface area contributed by atoms with E-state index in [9.17, 15) is 9.59 Å². The zero-order valence-electron chi connectivity index (χ0n) is 8.80. The van der Waals surface area contributed by atoms with Gasteiger partial charge >= 0.3 is 0 Å². The normalized spacial score (nSPS) is 13.0. The summed E-state index contributed by atoms with van der Waals surface area (Å²) in [6.45, 7) is 3.63. The van der Waals surface area contributed by atoms with E-state index in [2.05, 4.69) is 6.58 Å². The molecule has 0 saturated carbocycles. The van der Waals surface area contributed by atoms with Crippen LogP contribution in [0.3, 0.4) is 0 Å². The van der Waals surface area contributed by atoms with E-state index in [1.165, 1.54) is 17.7 Å². The van der Waals surface area contributed by atoms with Crippen molar-refractivity contribution in [3.05, 3.63) is 66.8 Å². The van der Waals surface area contributed by atoms with E-state index >= 15 is 0 Å². The second-order valence-electron chi connectivity index (χ2n) is 3.06. The third-order valence-corrected chi connectivity index (χ3v) is 1.88. The maximum atomic E-state index is 10.3. The van der Waals surface area contributed by atoms with Crippen LogP contribution in [-0.4, -0.2) is 11.6 Å². The van der Waals surface area contributed by atoms with Gasteiger partial charge < -0.3 is 0 Å². The van der Waals surface area contributed by atoms with Gasteiger partial charge in [0.15, 0.2) is 0 Å². The summed E-state index contributed by atoms with van der Waals surface area (Å²) in [5, 5.41) is 0. The van der Waals surface area contributed by atoms with Gasteiger partial charge in [0.2, 0.25) is 11.6 Å². The molecule has 0 fully saturated rings. The van der Waals surface area contributed by atoms with Crippen LogP contribution in [-0.2, 0) is 9.59 Å². The van der Waals surface area contributed by atoms with Crippen LogP contribution in [0.4, 0.5) is 0 Å². The molecule has 0 N–H and O–H groups in total. The molecule has 0 unspecified atom stereocenters. The van der Waals surface area contributed by atoms with Gasteiger partial charge in [0.1, 0.15) is 0 Å². The number of hydrogen-bond acceptors (Lipinski definition) is 2. The lowest BCUT2D eigenvalue weighted by Gasteiger charge is -1.88. The Labute approximate surface area is 94.6 Å². The maximum Gasteiger partial charge on any atom is 0.225 e. The average Bonchev–Trinajstić information content (AvgIpc) is 2.35. The molecule has 1 aromatic carbocycles. The van der Waals surface area contributed by atoms with Crippen LogP contribution in [0.15, 0.2) is 61.2 Å². The Morgan fingerprint density at radius 1 is 0.875 bits per heavy atom. The number of ketones is 2. The minimum Gasteiger partial charge on any atom is -0.286 e. The zero-order valence-corrected chi connectivity index (χ0v) is 8.80. The third kappa shape index (κ3) is 3.88. The highest BCUT2D eigenvalue weighted by molar-refractivity contribution is 6.46. The molecule has 0 amide bonds. The number of carbonyl (C=O) groups excluding carboxylic acids is 2. The summed E-state index contributed by atoms with van der Waals surface area (Å²) in [6.07, 6.45) is 7.43. The molecule has 16 heavy (non-hydrogen) atoms. The smallest absolute Gasteiger partial charge is 0.225 e. The molecule has 0 radical (unpaired) electrons. The van der Waals surface area contributed by atoms with Crippen LogP contribution < -0.4 is 0 Å². The van der Waals surface area contributed by atoms with Crippen LogP contribution in [0.5, 0.6) is 0 Å². The summed E-state index contributed by atoms with van der Waals surface area (Å²) in [6, 6.07) is 10.0. The molecule has 1 aromatic rings. The number of carbonyl (C=O) groups is 2. The van der Waals surface area contributed by atoms with Crippen LogP contribution in [0.2, 0.25) is 0 Å². The summed E-state index contributed by atoms with van der Waals surface area (Å²) < 4.78 is 0. The third-order valence-electron chi connectivity index (χ3n) is 1.88. The molecule has 1 aliphatic rings. The van der Waals surface area contributed by atoms with Gasteiger partial charge in [0, 0.05) is 0 Å². The van der Waals surface area contributed by atoms with Crippen LogP contribution in [0.25, 0.3) is 6.08 Å². The highest BCUT2D eigenvalue weighted by Gasteiger charge is 2.06. The molecule has 80 valence electrons. The lowest BCUT2D eigenvalue weighted by Crippen LogP contribution is -2.08. The van der Waals surface area contributed by atoms with Gasteiger partial charge in [-0.2, -0.15) is 0 Å². The number of rotatable bonds is 1. The summed E-state index contributed by atoms with van der Waals surface area (Å²) in [4.78, 5) is 20.6. The van der Waals surface area contributed by atoms with Gasteiger partial charge in [-0.15, -0.1) is 0 Å². The summed E-state index contributed by atoms with van der Waals surface area (Å²) >= 11 is 0. The standard InChI is InChI=1S/C8H8.C6H4O2/c1-2-8-6-4-3-5-7-8;7-5-3-1-2-4-6(5)8/h2-7H,1H2;1-4H.